The van der Waals surface area contributed by atoms with Gasteiger partial charge in [-0.15, -0.1) is 0 Å². The number of rotatable bonds is 4. The van der Waals surface area contributed by atoms with Crippen LogP contribution in [0.1, 0.15) is 23.7 Å². The molecule has 8 heteroatoms. The zero-order chi connectivity index (χ0) is 21.5. The Balaban J connectivity index is 1.34. The molecule has 1 fully saturated rings. The first kappa shape index (κ1) is 19.4. The van der Waals surface area contributed by atoms with Crippen molar-refractivity contribution in [3.8, 4) is 11.3 Å². The molecule has 0 aliphatic carbocycles. The van der Waals surface area contributed by atoms with Crippen LogP contribution in [0.3, 0.4) is 0 Å². The number of hydrogen-bond acceptors (Lipinski definition) is 3. The fraction of sp³-hybridized carbons (Fsp3) is 0.261. The van der Waals surface area contributed by atoms with E-state index < -0.39 is 17.5 Å². The number of nitrogens with one attached hydrogen (secondary N) is 1. The second-order valence-electron chi connectivity index (χ2n) is 8.07. The Bertz CT molecular complexity index is 1250. The molecule has 0 spiro atoms. The third-order valence-corrected chi connectivity index (χ3v) is 5.98. The van der Waals surface area contributed by atoms with Crippen molar-refractivity contribution in [1.29, 1.82) is 0 Å². The van der Waals surface area contributed by atoms with E-state index >= 15 is 0 Å². The van der Waals surface area contributed by atoms with E-state index in [1.807, 2.05) is 31.3 Å². The van der Waals surface area contributed by atoms with Gasteiger partial charge in [-0.3, -0.25) is 9.89 Å². The molecular weight excluding hydrogens is 400 g/mol. The molecule has 1 aliphatic rings. The van der Waals surface area contributed by atoms with E-state index in [1.54, 1.807) is 17.3 Å². The van der Waals surface area contributed by atoms with E-state index in [0.29, 0.717) is 6.54 Å². The van der Waals surface area contributed by atoms with Crippen molar-refractivity contribution >= 4 is 16.9 Å². The Labute approximate surface area is 177 Å². The van der Waals surface area contributed by atoms with Crippen LogP contribution in [0.5, 0.6) is 0 Å². The minimum Gasteiger partial charge on any atom is -0.346 e. The molecule has 0 bridgehead atoms. The van der Waals surface area contributed by atoms with Gasteiger partial charge in [-0.05, 0) is 49.6 Å². The summed E-state index contributed by atoms with van der Waals surface area (Å²) in [6.45, 7) is 3.16. The Morgan fingerprint density at radius 2 is 2.10 bits per heavy atom. The summed E-state index contributed by atoms with van der Waals surface area (Å²) < 4.78 is 29.8. The van der Waals surface area contributed by atoms with E-state index in [9.17, 15) is 13.6 Å². The molecule has 0 unspecified atom stereocenters. The van der Waals surface area contributed by atoms with Crippen LogP contribution >= 0.6 is 0 Å². The summed E-state index contributed by atoms with van der Waals surface area (Å²) in [6.07, 6.45) is 6.33. The lowest BCUT2D eigenvalue weighted by molar-refractivity contribution is 0.0736. The predicted octanol–water partition coefficient (Wildman–Crippen LogP) is 4.26. The van der Waals surface area contributed by atoms with Gasteiger partial charge >= 0.3 is 0 Å². The number of likely N-dealkylation sites (tertiary alicyclic amines) is 1. The molecule has 1 aromatic carbocycles. The summed E-state index contributed by atoms with van der Waals surface area (Å²) in [4.78, 5) is 19.2. The fourth-order valence-corrected chi connectivity index (χ4v) is 4.44. The average Bonchev–Trinajstić information content (AvgIpc) is 3.50. The highest BCUT2D eigenvalue weighted by Crippen LogP contribution is 2.29. The lowest BCUT2D eigenvalue weighted by Gasteiger charge is -2.22. The van der Waals surface area contributed by atoms with Crippen molar-refractivity contribution in [3.05, 3.63) is 72.2 Å². The highest BCUT2D eigenvalue weighted by molar-refractivity contribution is 5.95. The average molecular weight is 421 g/mol. The number of halogens is 2. The molecule has 6 nitrogen and oxygen atoms in total. The summed E-state index contributed by atoms with van der Waals surface area (Å²) in [5.41, 5.74) is 3.47. The Morgan fingerprint density at radius 3 is 2.90 bits per heavy atom. The first-order valence-corrected chi connectivity index (χ1v) is 10.2. The van der Waals surface area contributed by atoms with Gasteiger partial charge in [0.2, 0.25) is 0 Å². The Morgan fingerprint density at radius 1 is 1.23 bits per heavy atom. The largest absolute Gasteiger partial charge is 0.346 e. The monoisotopic (exact) mass is 421 g/mol. The van der Waals surface area contributed by atoms with E-state index in [1.165, 1.54) is 12.1 Å². The topological polar surface area (TPSA) is 66.8 Å². The molecule has 1 N–H and O–H groups in total. The van der Waals surface area contributed by atoms with E-state index in [2.05, 4.69) is 14.8 Å². The molecule has 1 saturated heterocycles. The standard InChI is InChI=1S/C23H21F2N5O/c1-14-9-15(13-30(14)23(31)17-3-2-4-18(24)22(17)25)12-29-8-7-20-21(29)6-5-19(28-20)16-10-26-27-11-16/h2-8,10-11,14-15H,9,12-13H2,1H3,(H,26,27)/t14-,15-/m0/s1. The first-order chi connectivity index (χ1) is 15.0. The van der Waals surface area contributed by atoms with Gasteiger partial charge < -0.3 is 9.47 Å². The highest BCUT2D eigenvalue weighted by Gasteiger charge is 2.34. The molecule has 31 heavy (non-hydrogen) atoms. The summed E-state index contributed by atoms with van der Waals surface area (Å²) in [5.74, 6) is -2.34. The smallest absolute Gasteiger partial charge is 0.257 e. The molecule has 4 aromatic rings. The fourth-order valence-electron chi connectivity index (χ4n) is 4.44. The number of pyridine rings is 1. The number of fused-ring (bicyclic) bond motifs is 1. The van der Waals surface area contributed by atoms with E-state index in [-0.39, 0.29) is 17.5 Å². The third kappa shape index (κ3) is 3.48. The number of aromatic nitrogens is 4. The van der Waals surface area contributed by atoms with Crippen LogP contribution in [0.4, 0.5) is 8.78 Å². The van der Waals surface area contributed by atoms with Gasteiger partial charge in [0.05, 0.1) is 28.5 Å². The van der Waals surface area contributed by atoms with Gasteiger partial charge in [-0.2, -0.15) is 5.10 Å². The zero-order valence-corrected chi connectivity index (χ0v) is 16.9. The van der Waals surface area contributed by atoms with Gasteiger partial charge in [-0.25, -0.2) is 13.8 Å². The van der Waals surface area contributed by atoms with Crippen LogP contribution in [0.25, 0.3) is 22.3 Å². The number of carbonyl (C=O) groups excluding carboxylic acids is 1. The molecule has 1 aliphatic heterocycles. The molecule has 2 atom stereocenters. The number of benzene rings is 1. The summed E-state index contributed by atoms with van der Waals surface area (Å²) >= 11 is 0. The molecule has 4 heterocycles. The van der Waals surface area contributed by atoms with Crippen molar-refractivity contribution in [1.82, 2.24) is 24.6 Å². The quantitative estimate of drug-likeness (QED) is 0.536. The lowest BCUT2D eigenvalue weighted by atomic mass is 10.1. The molecule has 3 aromatic heterocycles. The Hall–Kier alpha value is -3.55. The van der Waals surface area contributed by atoms with E-state index in [0.717, 1.165) is 41.3 Å². The van der Waals surface area contributed by atoms with Crippen LogP contribution < -0.4 is 0 Å². The second kappa shape index (κ2) is 7.61. The maximum atomic E-state index is 14.1. The Kier molecular flexibility index (Phi) is 4.77. The van der Waals surface area contributed by atoms with Gasteiger partial charge in [0.25, 0.3) is 5.91 Å². The van der Waals surface area contributed by atoms with Crippen molar-refractivity contribution in [2.45, 2.75) is 25.9 Å². The highest BCUT2D eigenvalue weighted by atomic mass is 19.2. The summed E-state index contributed by atoms with van der Waals surface area (Å²) in [7, 11) is 0. The van der Waals surface area contributed by atoms with Gasteiger partial charge in [0, 0.05) is 37.1 Å². The number of hydrogen-bond donors (Lipinski definition) is 1. The van der Waals surface area contributed by atoms with E-state index in [4.69, 9.17) is 4.98 Å². The number of amides is 1. The van der Waals surface area contributed by atoms with Crippen molar-refractivity contribution in [2.24, 2.45) is 5.92 Å². The zero-order valence-electron chi connectivity index (χ0n) is 16.9. The minimum atomic E-state index is -1.08. The molecule has 158 valence electrons. The number of nitrogens with zero attached hydrogens (tertiary/aromatic N) is 4. The lowest BCUT2D eigenvalue weighted by Crippen LogP contribution is -2.34. The van der Waals surface area contributed by atoms with Gasteiger partial charge in [-0.1, -0.05) is 6.07 Å². The van der Waals surface area contributed by atoms with Crippen LogP contribution in [0.15, 0.2) is 55.0 Å². The molecule has 1 amide bonds. The number of aromatic amines is 1. The molecule has 5 rings (SSSR count). The van der Waals surface area contributed by atoms with Crippen molar-refractivity contribution in [2.75, 3.05) is 6.54 Å². The maximum absolute atomic E-state index is 14.1. The SMILES string of the molecule is C[C@H]1C[C@@H](Cn2ccc3nc(-c4cn[nH]c4)ccc32)CN1C(=O)c1cccc(F)c1F. The van der Waals surface area contributed by atoms with Crippen molar-refractivity contribution < 1.29 is 13.6 Å². The molecule has 0 radical (unpaired) electrons. The first-order valence-electron chi connectivity index (χ1n) is 10.2. The van der Waals surface area contributed by atoms with Gasteiger partial charge in [0.1, 0.15) is 0 Å². The predicted molar refractivity (Wildman–Crippen MR) is 112 cm³/mol. The van der Waals surface area contributed by atoms with Crippen LogP contribution in [0.2, 0.25) is 0 Å². The van der Waals surface area contributed by atoms with Crippen LogP contribution in [0, 0.1) is 17.6 Å². The van der Waals surface area contributed by atoms with Crippen molar-refractivity contribution in [3.63, 3.8) is 0 Å². The van der Waals surface area contributed by atoms with Gasteiger partial charge in [0.15, 0.2) is 11.6 Å². The summed E-state index contributed by atoms with van der Waals surface area (Å²) in [5, 5.41) is 6.76. The maximum Gasteiger partial charge on any atom is 0.257 e. The molecule has 0 saturated carbocycles. The minimum absolute atomic E-state index is 0.0483. The normalized spacial score (nSPS) is 18.7. The van der Waals surface area contributed by atoms with Crippen LogP contribution in [-0.2, 0) is 6.54 Å². The number of H-pyrrole nitrogens is 1. The second-order valence-corrected chi connectivity index (χ2v) is 8.07. The third-order valence-electron chi connectivity index (χ3n) is 5.98. The summed E-state index contributed by atoms with van der Waals surface area (Å²) in [6, 6.07) is 9.64. The molecular formula is C23H21F2N5O. The number of carbonyl (C=O) groups is 1. The van der Waals surface area contributed by atoms with Crippen LogP contribution in [-0.4, -0.2) is 43.1 Å².